The standard InChI is InChI=1S/C26H23N/c27-26(23-17-9-3-10-18-23,24-19-11-4-12-20-24)25(21-13-5-1-6-14-21)22-15-7-2-8-16-22/h1-20,25H,27H2. The maximum atomic E-state index is 7.35. The van der Waals surface area contributed by atoms with Gasteiger partial charge in [0.15, 0.2) is 0 Å². The Balaban J connectivity index is 2.01. The number of benzene rings is 4. The first-order valence-electron chi connectivity index (χ1n) is 9.30. The fourth-order valence-corrected chi connectivity index (χ4v) is 3.94. The Labute approximate surface area is 161 Å². The minimum Gasteiger partial charge on any atom is -0.317 e. The van der Waals surface area contributed by atoms with Crippen LogP contribution in [0.25, 0.3) is 0 Å². The Bertz CT molecular complexity index is 885. The summed E-state index contributed by atoms with van der Waals surface area (Å²) < 4.78 is 0. The molecule has 0 spiro atoms. The van der Waals surface area contributed by atoms with Crippen molar-refractivity contribution in [1.29, 1.82) is 0 Å². The van der Waals surface area contributed by atoms with Crippen molar-refractivity contribution in [2.75, 3.05) is 0 Å². The molecule has 0 saturated heterocycles. The first-order chi connectivity index (χ1) is 13.3. The first kappa shape index (κ1) is 17.3. The van der Waals surface area contributed by atoms with E-state index >= 15 is 0 Å². The monoisotopic (exact) mass is 349 g/mol. The van der Waals surface area contributed by atoms with Crippen LogP contribution >= 0.6 is 0 Å². The van der Waals surface area contributed by atoms with E-state index in [1.165, 1.54) is 11.1 Å². The average molecular weight is 349 g/mol. The van der Waals surface area contributed by atoms with Gasteiger partial charge in [0.05, 0.1) is 5.54 Å². The molecule has 4 aromatic carbocycles. The van der Waals surface area contributed by atoms with Gasteiger partial charge in [0.25, 0.3) is 0 Å². The van der Waals surface area contributed by atoms with Gasteiger partial charge >= 0.3 is 0 Å². The predicted octanol–water partition coefficient (Wildman–Crippen LogP) is 5.72. The summed E-state index contributed by atoms with van der Waals surface area (Å²) in [7, 11) is 0. The SMILES string of the molecule is NC(c1ccccc1)(c1ccccc1)C(c1ccccc1)c1ccccc1. The van der Waals surface area contributed by atoms with E-state index < -0.39 is 5.54 Å². The van der Waals surface area contributed by atoms with Crippen LogP contribution in [0.15, 0.2) is 121 Å². The summed E-state index contributed by atoms with van der Waals surface area (Å²) in [6, 6.07) is 42.0. The maximum absolute atomic E-state index is 7.35. The van der Waals surface area contributed by atoms with E-state index in [4.69, 9.17) is 5.73 Å². The lowest BCUT2D eigenvalue weighted by Gasteiger charge is -2.39. The molecule has 132 valence electrons. The van der Waals surface area contributed by atoms with Gasteiger partial charge in [-0.15, -0.1) is 0 Å². The Hall–Kier alpha value is -3.16. The Morgan fingerprint density at radius 3 is 1.07 bits per heavy atom. The van der Waals surface area contributed by atoms with Gasteiger partial charge in [-0.1, -0.05) is 121 Å². The van der Waals surface area contributed by atoms with Crippen LogP contribution in [0, 0.1) is 0 Å². The Morgan fingerprint density at radius 2 is 0.741 bits per heavy atom. The van der Waals surface area contributed by atoms with Crippen LogP contribution in [0.1, 0.15) is 28.2 Å². The van der Waals surface area contributed by atoms with Crippen LogP contribution in [-0.2, 0) is 5.54 Å². The van der Waals surface area contributed by atoms with Gasteiger partial charge in [0.1, 0.15) is 0 Å². The molecular weight excluding hydrogens is 326 g/mol. The van der Waals surface area contributed by atoms with Crippen LogP contribution in [0.5, 0.6) is 0 Å². The molecule has 0 bridgehead atoms. The molecule has 0 heterocycles. The average Bonchev–Trinajstić information content (AvgIpc) is 2.76. The predicted molar refractivity (Wildman–Crippen MR) is 113 cm³/mol. The fraction of sp³-hybridized carbons (Fsp3) is 0.0769. The quantitative estimate of drug-likeness (QED) is 0.490. The molecule has 4 aromatic rings. The highest BCUT2D eigenvalue weighted by Crippen LogP contribution is 2.44. The van der Waals surface area contributed by atoms with Crippen LogP contribution in [0.3, 0.4) is 0 Å². The molecule has 1 nitrogen and oxygen atoms in total. The lowest BCUT2D eigenvalue weighted by molar-refractivity contribution is 0.471. The summed E-state index contributed by atoms with van der Waals surface area (Å²) in [5, 5.41) is 0. The van der Waals surface area contributed by atoms with Crippen molar-refractivity contribution in [3.8, 4) is 0 Å². The highest BCUT2D eigenvalue weighted by molar-refractivity contribution is 5.48. The summed E-state index contributed by atoms with van der Waals surface area (Å²) >= 11 is 0. The molecule has 1 heteroatoms. The summed E-state index contributed by atoms with van der Waals surface area (Å²) in [6.07, 6.45) is 0. The maximum Gasteiger partial charge on any atom is 0.0776 e. The molecular formula is C26H23N. The molecule has 0 unspecified atom stereocenters. The largest absolute Gasteiger partial charge is 0.317 e. The minimum atomic E-state index is -0.689. The van der Waals surface area contributed by atoms with Gasteiger partial charge in [-0.05, 0) is 22.3 Å². The van der Waals surface area contributed by atoms with Crippen LogP contribution < -0.4 is 5.73 Å². The van der Waals surface area contributed by atoms with Gasteiger partial charge in [-0.3, -0.25) is 0 Å². The summed E-state index contributed by atoms with van der Waals surface area (Å²) in [5.41, 5.74) is 11.3. The minimum absolute atomic E-state index is 0.00954. The number of hydrogen-bond acceptors (Lipinski definition) is 1. The van der Waals surface area contributed by atoms with Gasteiger partial charge in [0.2, 0.25) is 0 Å². The summed E-state index contributed by atoms with van der Waals surface area (Å²) in [6.45, 7) is 0. The van der Waals surface area contributed by atoms with Crippen molar-refractivity contribution in [2.45, 2.75) is 11.5 Å². The molecule has 0 fully saturated rings. The van der Waals surface area contributed by atoms with Gasteiger partial charge in [-0.25, -0.2) is 0 Å². The van der Waals surface area contributed by atoms with E-state index in [1.807, 2.05) is 12.1 Å². The molecule has 0 radical (unpaired) electrons. The Morgan fingerprint density at radius 1 is 0.444 bits per heavy atom. The molecule has 4 rings (SSSR count). The molecule has 2 N–H and O–H groups in total. The van der Waals surface area contributed by atoms with E-state index in [9.17, 15) is 0 Å². The normalized spacial score (nSPS) is 11.5. The zero-order valence-corrected chi connectivity index (χ0v) is 15.2. The first-order valence-corrected chi connectivity index (χ1v) is 9.30. The number of hydrogen-bond donors (Lipinski definition) is 1. The van der Waals surface area contributed by atoms with Gasteiger partial charge in [-0.2, -0.15) is 0 Å². The number of rotatable bonds is 5. The van der Waals surface area contributed by atoms with Crippen molar-refractivity contribution in [2.24, 2.45) is 5.73 Å². The van der Waals surface area contributed by atoms with Crippen molar-refractivity contribution in [1.82, 2.24) is 0 Å². The molecule has 0 aliphatic heterocycles. The number of nitrogens with two attached hydrogens (primary N) is 1. The van der Waals surface area contributed by atoms with E-state index in [2.05, 4.69) is 109 Å². The van der Waals surface area contributed by atoms with E-state index in [-0.39, 0.29) is 5.92 Å². The molecule has 0 aliphatic rings. The molecule has 0 aliphatic carbocycles. The van der Waals surface area contributed by atoms with Gasteiger partial charge < -0.3 is 5.73 Å². The van der Waals surface area contributed by atoms with Crippen LogP contribution in [-0.4, -0.2) is 0 Å². The second-order valence-electron chi connectivity index (χ2n) is 6.86. The van der Waals surface area contributed by atoms with E-state index in [0.717, 1.165) is 11.1 Å². The van der Waals surface area contributed by atoms with Crippen LogP contribution in [0.2, 0.25) is 0 Å². The zero-order valence-electron chi connectivity index (χ0n) is 15.2. The third-order valence-electron chi connectivity index (χ3n) is 5.22. The fourth-order valence-electron chi connectivity index (χ4n) is 3.94. The molecule has 0 saturated carbocycles. The smallest absolute Gasteiger partial charge is 0.0776 e. The topological polar surface area (TPSA) is 26.0 Å². The van der Waals surface area contributed by atoms with E-state index in [0.29, 0.717) is 0 Å². The van der Waals surface area contributed by atoms with Crippen molar-refractivity contribution in [3.05, 3.63) is 144 Å². The third-order valence-corrected chi connectivity index (χ3v) is 5.22. The zero-order chi connectivity index (χ0) is 18.5. The Kier molecular flexibility index (Phi) is 4.86. The van der Waals surface area contributed by atoms with Crippen molar-refractivity contribution in [3.63, 3.8) is 0 Å². The molecule has 0 aromatic heterocycles. The molecule has 0 atom stereocenters. The van der Waals surface area contributed by atoms with Gasteiger partial charge in [0, 0.05) is 5.92 Å². The molecule has 27 heavy (non-hydrogen) atoms. The third kappa shape index (κ3) is 3.30. The molecule has 0 amide bonds. The lowest BCUT2D eigenvalue weighted by Crippen LogP contribution is -2.44. The second kappa shape index (κ2) is 7.61. The van der Waals surface area contributed by atoms with Crippen LogP contribution in [0.4, 0.5) is 0 Å². The summed E-state index contributed by atoms with van der Waals surface area (Å²) in [4.78, 5) is 0. The van der Waals surface area contributed by atoms with Crippen molar-refractivity contribution < 1.29 is 0 Å². The lowest BCUT2D eigenvalue weighted by atomic mass is 9.68. The summed E-state index contributed by atoms with van der Waals surface area (Å²) in [5.74, 6) is -0.00954. The van der Waals surface area contributed by atoms with Crippen molar-refractivity contribution >= 4 is 0 Å². The second-order valence-corrected chi connectivity index (χ2v) is 6.86. The highest BCUT2D eigenvalue weighted by Gasteiger charge is 2.40. The highest BCUT2D eigenvalue weighted by atomic mass is 14.8. The van der Waals surface area contributed by atoms with E-state index in [1.54, 1.807) is 0 Å².